The van der Waals surface area contributed by atoms with Crippen molar-refractivity contribution in [3.05, 3.63) is 110 Å². The van der Waals surface area contributed by atoms with Crippen molar-refractivity contribution in [2.45, 2.75) is 115 Å². The van der Waals surface area contributed by atoms with Crippen molar-refractivity contribution >= 4 is 80.3 Å². The lowest BCUT2D eigenvalue weighted by molar-refractivity contribution is -0.172. The molecule has 2 aliphatic carbocycles. The zero-order chi connectivity index (χ0) is 55.0. The molecule has 0 spiro atoms. The van der Waals surface area contributed by atoms with E-state index in [1.165, 1.54) is 22.6 Å². The first-order valence-corrected chi connectivity index (χ1v) is 26.5. The van der Waals surface area contributed by atoms with Gasteiger partial charge in [0.1, 0.15) is 31.3 Å². The molecule has 22 heteroatoms. The van der Waals surface area contributed by atoms with E-state index in [-0.39, 0.29) is 80.0 Å². The Morgan fingerprint density at radius 3 is 2.35 bits per heavy atom. The van der Waals surface area contributed by atoms with Crippen LogP contribution < -0.4 is 42.8 Å². The predicted molar refractivity (Wildman–Crippen MR) is 279 cm³/mol. The molecule has 5 aliphatic rings. The zero-order valence-corrected chi connectivity index (χ0v) is 43.2. The molecule has 3 aliphatic heterocycles. The van der Waals surface area contributed by atoms with Crippen molar-refractivity contribution in [2.75, 3.05) is 32.9 Å². The van der Waals surface area contributed by atoms with Gasteiger partial charge in [0.05, 0.1) is 58.8 Å². The third-order valence-corrected chi connectivity index (χ3v) is 15.5. The Morgan fingerprint density at radius 1 is 0.885 bits per heavy atom. The van der Waals surface area contributed by atoms with Crippen molar-refractivity contribution in [3.63, 3.8) is 0 Å². The molecule has 0 saturated heterocycles. The molecule has 408 valence electrons. The molecule has 4 atom stereocenters. The summed E-state index contributed by atoms with van der Waals surface area (Å²) in [5, 5.41) is 30.2. The minimum Gasteiger partial charge on any atom is -0.458 e. The maximum Gasteiger partial charge on any atom is 0.343 e. The number of aryl methyl sites for hydroxylation is 2. The molecule has 7 amide bonds. The molecule has 6 heterocycles. The summed E-state index contributed by atoms with van der Waals surface area (Å²) < 4.78 is 28.9. The van der Waals surface area contributed by atoms with Gasteiger partial charge in [0.25, 0.3) is 17.4 Å². The number of imide groups is 1. The van der Waals surface area contributed by atoms with Crippen LogP contribution in [0.4, 0.5) is 4.39 Å². The van der Waals surface area contributed by atoms with E-state index < -0.39 is 78.4 Å². The highest BCUT2D eigenvalue weighted by atomic mass is 19.1. The quantitative estimate of drug-likeness (QED) is 0.0211. The molecule has 0 radical (unpaired) electrons. The summed E-state index contributed by atoms with van der Waals surface area (Å²) in [4.78, 5) is 123. The fourth-order valence-electron chi connectivity index (χ4n) is 11.1. The van der Waals surface area contributed by atoms with Crippen LogP contribution in [0, 0.1) is 18.7 Å². The average molecular weight is 1070 g/mol. The number of ether oxygens (including phenoxy) is 2. The number of esters is 1. The molecule has 21 nitrogen and oxygen atoms in total. The number of amides is 7. The van der Waals surface area contributed by atoms with Crippen LogP contribution in [0.3, 0.4) is 0 Å². The third-order valence-electron chi connectivity index (χ3n) is 15.5. The largest absolute Gasteiger partial charge is 0.458 e. The van der Waals surface area contributed by atoms with E-state index in [9.17, 15) is 48.3 Å². The van der Waals surface area contributed by atoms with Crippen LogP contribution >= 0.6 is 0 Å². The highest BCUT2D eigenvalue weighted by Crippen LogP contribution is 2.46. The van der Waals surface area contributed by atoms with Crippen LogP contribution in [0.25, 0.3) is 33.0 Å². The highest BCUT2D eigenvalue weighted by Gasteiger charge is 2.46. The van der Waals surface area contributed by atoms with E-state index in [0.717, 1.165) is 39.8 Å². The van der Waals surface area contributed by atoms with Gasteiger partial charge in [-0.05, 0) is 98.9 Å². The van der Waals surface area contributed by atoms with Crippen molar-refractivity contribution in [1.82, 2.24) is 46.2 Å². The third kappa shape index (κ3) is 10.4. The topological polar surface area (TPSA) is 285 Å². The SMILES string of the molecule is CC[C@@]1(O)C(=O)OCc2c1cc1c3nc4cc(F)c(C)c5c4c4c3c(n1c2=O)=C(C(OCNC(=O)CNC(=O)[C@H](CCc1ccccc1)NC(=O)CNC(=O)CNC(=O)CCCCCN1C(=O)C=CC1=O)C1CC1)N[C@H]4CC5. The number of rotatable bonds is 23. The predicted octanol–water partition coefficient (Wildman–Crippen LogP) is 1.34. The van der Waals surface area contributed by atoms with Crippen LogP contribution in [0.15, 0.2) is 59.4 Å². The van der Waals surface area contributed by atoms with E-state index >= 15 is 4.39 Å². The lowest BCUT2D eigenvalue weighted by Gasteiger charge is -2.35. The van der Waals surface area contributed by atoms with Gasteiger partial charge < -0.3 is 46.5 Å². The van der Waals surface area contributed by atoms with E-state index in [1.807, 2.05) is 30.3 Å². The summed E-state index contributed by atoms with van der Waals surface area (Å²) in [5.74, 6) is -4.96. The number of halogens is 1. The van der Waals surface area contributed by atoms with E-state index in [2.05, 4.69) is 31.9 Å². The molecule has 1 fully saturated rings. The summed E-state index contributed by atoms with van der Waals surface area (Å²) >= 11 is 0. The zero-order valence-electron chi connectivity index (χ0n) is 43.2. The second-order valence-electron chi connectivity index (χ2n) is 20.5. The molecule has 2 aromatic carbocycles. The van der Waals surface area contributed by atoms with Crippen LogP contribution in [0.2, 0.25) is 0 Å². The molecular formula is C56H60FN9O12. The van der Waals surface area contributed by atoms with E-state index in [4.69, 9.17) is 14.5 Å². The Labute approximate surface area is 445 Å². The second kappa shape index (κ2) is 22.1. The lowest BCUT2D eigenvalue weighted by Crippen LogP contribution is -2.51. The number of hydrogen-bond donors (Lipinski definition) is 7. The monoisotopic (exact) mass is 1070 g/mol. The van der Waals surface area contributed by atoms with Gasteiger partial charge in [-0.2, -0.15) is 0 Å². The van der Waals surface area contributed by atoms with Crippen LogP contribution in [-0.4, -0.2) is 112 Å². The molecule has 1 saturated carbocycles. The van der Waals surface area contributed by atoms with Crippen LogP contribution in [0.5, 0.6) is 0 Å². The summed E-state index contributed by atoms with van der Waals surface area (Å²) in [6, 6.07) is 10.9. The fourth-order valence-corrected chi connectivity index (χ4v) is 11.1. The Balaban J connectivity index is 0.797. The number of aliphatic hydroxyl groups is 1. The number of fused-ring (bicyclic) bond motifs is 4. The molecule has 7 N–H and O–H groups in total. The normalized spacial score (nSPS) is 18.9. The van der Waals surface area contributed by atoms with Crippen molar-refractivity contribution in [2.24, 2.45) is 5.92 Å². The molecule has 5 aromatic rings. The second-order valence-corrected chi connectivity index (χ2v) is 20.5. The fraction of sp³-hybridized carbons (Fsp3) is 0.429. The van der Waals surface area contributed by atoms with Crippen molar-refractivity contribution in [3.8, 4) is 0 Å². The Bertz CT molecular complexity index is 3470. The van der Waals surface area contributed by atoms with E-state index in [1.54, 1.807) is 19.9 Å². The van der Waals surface area contributed by atoms with Gasteiger partial charge in [-0.15, -0.1) is 0 Å². The number of benzene rings is 2. The van der Waals surface area contributed by atoms with Crippen LogP contribution in [0.1, 0.15) is 104 Å². The van der Waals surface area contributed by atoms with Crippen molar-refractivity contribution < 1.29 is 57.3 Å². The van der Waals surface area contributed by atoms with Gasteiger partial charge >= 0.3 is 5.97 Å². The molecule has 3 aromatic heterocycles. The highest BCUT2D eigenvalue weighted by molar-refractivity contribution is 6.13. The van der Waals surface area contributed by atoms with Gasteiger partial charge in [0.2, 0.25) is 29.5 Å². The number of carbonyl (C=O) groups is 8. The smallest absolute Gasteiger partial charge is 0.343 e. The molecule has 78 heavy (non-hydrogen) atoms. The number of cyclic esters (lactones) is 1. The number of hydrogen-bond acceptors (Lipinski definition) is 14. The average Bonchev–Trinajstić information content (AvgIpc) is 2.93. The number of nitrogens with zero attached hydrogens (tertiary/aromatic N) is 3. The number of aromatic nitrogens is 2. The summed E-state index contributed by atoms with van der Waals surface area (Å²) in [6.45, 7) is 1.61. The first-order valence-electron chi connectivity index (χ1n) is 26.5. The van der Waals surface area contributed by atoms with E-state index in [0.29, 0.717) is 77.1 Å². The first-order chi connectivity index (χ1) is 37.6. The summed E-state index contributed by atoms with van der Waals surface area (Å²) in [7, 11) is 0. The number of carbonyl (C=O) groups excluding carboxylic acids is 8. The Hall–Kier alpha value is -8.11. The van der Waals surface area contributed by atoms with Crippen molar-refractivity contribution in [1.29, 1.82) is 0 Å². The van der Waals surface area contributed by atoms with Gasteiger partial charge in [-0.25, -0.2) is 14.2 Å². The lowest BCUT2D eigenvalue weighted by atomic mass is 9.81. The minimum absolute atomic E-state index is 0.0134. The van der Waals surface area contributed by atoms with Crippen LogP contribution in [-0.2, 0) is 72.9 Å². The maximum absolute atomic E-state index is 15.5. The van der Waals surface area contributed by atoms with Gasteiger partial charge in [-0.3, -0.25) is 47.7 Å². The minimum atomic E-state index is -2.08. The number of pyridine rings is 2. The Morgan fingerprint density at radius 2 is 1.60 bits per heavy atom. The molecule has 1 unspecified atom stereocenters. The Kier molecular flexibility index (Phi) is 15.1. The molecule has 0 bridgehead atoms. The summed E-state index contributed by atoms with van der Waals surface area (Å²) in [5.41, 5.74) is 2.53. The molecule has 10 rings (SSSR count). The maximum atomic E-state index is 15.5. The van der Waals surface area contributed by atoms with Gasteiger partial charge in [0, 0.05) is 47.5 Å². The van der Waals surface area contributed by atoms with Gasteiger partial charge in [-0.1, -0.05) is 43.7 Å². The number of nitrogens with one attached hydrogen (secondary N) is 6. The first kappa shape index (κ1) is 53.3. The van der Waals surface area contributed by atoms with Gasteiger partial charge in [0.15, 0.2) is 5.60 Å². The standard InChI is InChI=1S/C56H60FN9O12/c1-3-56(76)34-22-39-49-48-47-36(18-16-32-29(2)35(57)23-38(64-49)46(32)47)63-50(51(48)66(39)54(74)33(34)27-77-55(56)75)52(31-14-15-31)78-28-61-42(69)25-60-53(73)37(17-13-30-10-6-4-7-11-30)62-43(70)26-59-41(68)24-58-40(67)12-8-5-9-21-65-44(71)19-20-45(65)72/h4,6-7,10-11,19-20,22-23,31,36-37,52,63,76H,3,5,8-9,12-18,21,24-28H2,1-2H3,(H,58,67)(H,59,68)(H,60,73)(H,61,69)(H,62,70)/t36-,37-,52?,56-/m0/s1. The molecular weight excluding hydrogens is 1010 g/mol. The number of unbranched alkanes of at least 4 members (excludes halogenated alkanes) is 2. The summed E-state index contributed by atoms with van der Waals surface area (Å²) in [6.07, 6.45) is 6.65.